The van der Waals surface area contributed by atoms with Crippen LogP contribution in [0.4, 0.5) is 0 Å². The van der Waals surface area contributed by atoms with E-state index in [0.29, 0.717) is 104 Å². The van der Waals surface area contributed by atoms with Crippen molar-refractivity contribution in [3.8, 4) is 0 Å². The topological polar surface area (TPSA) is 105 Å². The van der Waals surface area contributed by atoms with Crippen molar-refractivity contribution in [3.05, 3.63) is 0 Å². The summed E-state index contributed by atoms with van der Waals surface area (Å²) in [5.41, 5.74) is 0. The third-order valence-corrected chi connectivity index (χ3v) is 6.00. The van der Waals surface area contributed by atoms with Gasteiger partial charge in [-0.15, -0.1) is 0 Å². The van der Waals surface area contributed by atoms with Gasteiger partial charge >= 0.3 is 0 Å². The Morgan fingerprint density at radius 3 is 1.06 bits per heavy atom. The minimum absolute atomic E-state index is 0.297. The molecule has 0 spiro atoms. The summed E-state index contributed by atoms with van der Waals surface area (Å²) in [6, 6.07) is 0. The van der Waals surface area contributed by atoms with E-state index in [1.54, 1.807) is 23.5 Å². The maximum Gasteiger partial charge on any atom is 0.0863 e. The normalized spacial score (nSPS) is 28.1. The molecular formula is C20H40O9S2. The molecule has 0 radical (unpaired) electrons. The average Bonchev–Trinajstić information content (AvgIpc) is 2.76. The molecule has 0 aliphatic carbocycles. The lowest BCUT2D eigenvalue weighted by atomic mass is 10.4. The van der Waals surface area contributed by atoms with Crippen LogP contribution in [0.1, 0.15) is 0 Å². The van der Waals surface area contributed by atoms with Crippen LogP contribution in [0.15, 0.2) is 0 Å². The first-order valence-corrected chi connectivity index (χ1v) is 13.2. The zero-order valence-corrected chi connectivity index (χ0v) is 20.1. The Labute approximate surface area is 194 Å². The molecule has 1 heterocycles. The van der Waals surface area contributed by atoms with E-state index in [2.05, 4.69) is 0 Å². The van der Waals surface area contributed by atoms with E-state index in [1.807, 2.05) is 0 Å². The lowest BCUT2D eigenvalue weighted by molar-refractivity contribution is -0.0203. The lowest BCUT2D eigenvalue weighted by Crippen LogP contribution is -2.21. The van der Waals surface area contributed by atoms with Gasteiger partial charge in [-0.05, 0) is 0 Å². The molecule has 31 heavy (non-hydrogen) atoms. The van der Waals surface area contributed by atoms with Crippen molar-refractivity contribution in [2.45, 2.75) is 12.2 Å². The molecular weight excluding hydrogens is 448 g/mol. The van der Waals surface area contributed by atoms with Crippen LogP contribution < -0.4 is 0 Å². The smallest absolute Gasteiger partial charge is 0.0863 e. The highest BCUT2D eigenvalue weighted by atomic mass is 32.2. The lowest BCUT2D eigenvalue weighted by Gasteiger charge is -2.12. The summed E-state index contributed by atoms with van der Waals surface area (Å²) in [5.74, 6) is 2.87. The molecule has 1 aliphatic rings. The summed E-state index contributed by atoms with van der Waals surface area (Å²) in [6.45, 7) is 6.79. The van der Waals surface area contributed by atoms with Crippen LogP contribution in [0, 0.1) is 0 Å². The number of aliphatic hydroxyl groups excluding tert-OH is 2. The van der Waals surface area contributed by atoms with Gasteiger partial charge in [0, 0.05) is 23.0 Å². The van der Waals surface area contributed by atoms with Crippen LogP contribution in [0.5, 0.6) is 0 Å². The SMILES string of the molecule is OC1COCCOCCOCCOCC(O)CSCCOCCOCCOCCSC1. The highest BCUT2D eigenvalue weighted by molar-refractivity contribution is 7.99. The van der Waals surface area contributed by atoms with Gasteiger partial charge < -0.3 is 43.4 Å². The molecule has 186 valence electrons. The quantitative estimate of drug-likeness (QED) is 0.492. The van der Waals surface area contributed by atoms with Crippen LogP contribution in [0.25, 0.3) is 0 Å². The average molecular weight is 489 g/mol. The van der Waals surface area contributed by atoms with Crippen molar-refractivity contribution >= 4 is 23.5 Å². The molecule has 2 unspecified atom stereocenters. The molecule has 0 saturated carbocycles. The largest absolute Gasteiger partial charge is 0.390 e. The summed E-state index contributed by atoms with van der Waals surface area (Å²) >= 11 is 3.27. The van der Waals surface area contributed by atoms with Gasteiger partial charge in [0.25, 0.3) is 0 Å². The Morgan fingerprint density at radius 2 is 0.710 bits per heavy atom. The van der Waals surface area contributed by atoms with Crippen LogP contribution in [-0.2, 0) is 33.2 Å². The van der Waals surface area contributed by atoms with E-state index in [4.69, 9.17) is 33.2 Å². The number of ether oxygens (including phenoxy) is 7. The van der Waals surface area contributed by atoms with Crippen molar-refractivity contribution in [1.82, 2.24) is 0 Å². The summed E-state index contributed by atoms with van der Waals surface area (Å²) in [6.07, 6.45) is -0.991. The molecule has 0 aromatic carbocycles. The van der Waals surface area contributed by atoms with E-state index >= 15 is 0 Å². The first-order valence-electron chi connectivity index (χ1n) is 10.8. The standard InChI is InChI=1S/C20H40O9S2/c21-19-15-28-9-7-24-1-2-25-8-10-29-16-20(22)18-31-14-12-27-6-4-23-3-5-26-11-13-30-17-19/h19-22H,1-18H2. The number of aliphatic hydroxyl groups is 2. The van der Waals surface area contributed by atoms with Crippen LogP contribution >= 0.6 is 23.5 Å². The molecule has 1 saturated heterocycles. The number of hydrogen-bond donors (Lipinski definition) is 2. The number of rotatable bonds is 0. The Balaban J connectivity index is 2.11. The minimum atomic E-state index is -0.496. The van der Waals surface area contributed by atoms with Gasteiger partial charge in [-0.1, -0.05) is 0 Å². The molecule has 2 atom stereocenters. The second-order valence-corrected chi connectivity index (χ2v) is 8.97. The summed E-state index contributed by atoms with van der Waals surface area (Å²) in [5, 5.41) is 19.8. The zero-order valence-electron chi connectivity index (χ0n) is 18.5. The van der Waals surface area contributed by atoms with Gasteiger partial charge in [-0.3, -0.25) is 0 Å². The van der Waals surface area contributed by atoms with Crippen molar-refractivity contribution in [1.29, 1.82) is 0 Å². The van der Waals surface area contributed by atoms with Crippen LogP contribution in [0.3, 0.4) is 0 Å². The Morgan fingerprint density at radius 1 is 0.419 bits per heavy atom. The summed E-state index contributed by atoms with van der Waals surface area (Å²) in [4.78, 5) is 0. The Bertz CT molecular complexity index is 338. The van der Waals surface area contributed by atoms with Gasteiger partial charge in [0.15, 0.2) is 0 Å². The fraction of sp³-hybridized carbons (Fsp3) is 1.00. The van der Waals surface area contributed by atoms with Crippen LogP contribution in [-0.4, -0.2) is 138 Å². The predicted molar refractivity (Wildman–Crippen MR) is 122 cm³/mol. The molecule has 9 nitrogen and oxygen atoms in total. The summed E-state index contributed by atoms with van der Waals surface area (Å²) in [7, 11) is 0. The third-order valence-electron chi connectivity index (χ3n) is 3.85. The van der Waals surface area contributed by atoms with E-state index in [9.17, 15) is 10.2 Å². The van der Waals surface area contributed by atoms with Gasteiger partial charge in [0.05, 0.1) is 105 Å². The van der Waals surface area contributed by atoms with Crippen molar-refractivity contribution in [2.75, 3.05) is 116 Å². The monoisotopic (exact) mass is 488 g/mol. The first kappa shape index (κ1) is 29.4. The molecule has 2 N–H and O–H groups in total. The molecule has 11 heteroatoms. The highest BCUT2D eigenvalue weighted by Gasteiger charge is 2.06. The predicted octanol–water partition coefficient (Wildman–Crippen LogP) is 0.304. The van der Waals surface area contributed by atoms with Gasteiger partial charge in [-0.25, -0.2) is 0 Å². The number of thioether (sulfide) groups is 2. The van der Waals surface area contributed by atoms with Crippen LogP contribution in [0.2, 0.25) is 0 Å². The molecule has 1 fully saturated rings. The molecule has 0 bridgehead atoms. The first-order chi connectivity index (χ1) is 15.3. The fourth-order valence-corrected chi connectivity index (χ4v) is 3.85. The van der Waals surface area contributed by atoms with Crippen molar-refractivity contribution in [2.24, 2.45) is 0 Å². The molecule has 1 rings (SSSR count). The fourth-order valence-electron chi connectivity index (χ4n) is 2.31. The van der Waals surface area contributed by atoms with Gasteiger partial charge in [0.2, 0.25) is 0 Å². The highest BCUT2D eigenvalue weighted by Crippen LogP contribution is 2.04. The Hall–Kier alpha value is 0.340. The molecule has 1 aliphatic heterocycles. The maximum absolute atomic E-state index is 9.88. The van der Waals surface area contributed by atoms with E-state index in [1.165, 1.54) is 0 Å². The third kappa shape index (κ3) is 21.9. The Kier molecular flexibility index (Phi) is 22.3. The zero-order chi connectivity index (χ0) is 22.2. The second kappa shape index (κ2) is 23.5. The van der Waals surface area contributed by atoms with E-state index in [-0.39, 0.29) is 0 Å². The second-order valence-electron chi connectivity index (χ2n) is 6.67. The van der Waals surface area contributed by atoms with Crippen molar-refractivity contribution in [3.63, 3.8) is 0 Å². The van der Waals surface area contributed by atoms with Crippen molar-refractivity contribution < 1.29 is 43.4 Å². The minimum Gasteiger partial charge on any atom is -0.390 e. The molecule has 0 aromatic heterocycles. The van der Waals surface area contributed by atoms with Gasteiger partial charge in [0.1, 0.15) is 0 Å². The molecule has 0 amide bonds. The van der Waals surface area contributed by atoms with Gasteiger partial charge in [-0.2, -0.15) is 23.5 Å². The molecule has 0 aromatic rings. The maximum atomic E-state index is 9.88. The van der Waals surface area contributed by atoms with E-state index in [0.717, 1.165) is 11.5 Å². The summed E-state index contributed by atoms with van der Waals surface area (Å²) < 4.78 is 38.1. The van der Waals surface area contributed by atoms with E-state index < -0.39 is 12.2 Å². The number of hydrogen-bond acceptors (Lipinski definition) is 11.